The number of nitrogens with zero attached hydrogens (tertiary/aromatic N) is 4. The van der Waals surface area contributed by atoms with Gasteiger partial charge in [0.2, 0.25) is 0 Å². The van der Waals surface area contributed by atoms with Crippen LogP contribution in [0.5, 0.6) is 0 Å². The number of piperazine rings is 1. The highest BCUT2D eigenvalue weighted by atomic mass is 35.5. The van der Waals surface area contributed by atoms with E-state index in [1.54, 1.807) is 6.33 Å². The summed E-state index contributed by atoms with van der Waals surface area (Å²) in [5.41, 5.74) is 2.54. The second-order valence-electron chi connectivity index (χ2n) is 6.87. The molecule has 2 heterocycles. The maximum atomic E-state index is 5.94. The number of anilines is 3. The van der Waals surface area contributed by atoms with Gasteiger partial charge in [-0.15, -0.1) is 0 Å². The predicted molar refractivity (Wildman–Crippen MR) is 117 cm³/mol. The zero-order valence-electron chi connectivity index (χ0n) is 15.8. The summed E-state index contributed by atoms with van der Waals surface area (Å²) >= 11 is 5.94. The van der Waals surface area contributed by atoms with Crippen molar-refractivity contribution in [1.82, 2.24) is 9.97 Å². The van der Waals surface area contributed by atoms with Crippen molar-refractivity contribution in [3.8, 4) is 0 Å². The van der Waals surface area contributed by atoms with Gasteiger partial charge in [0.15, 0.2) is 0 Å². The van der Waals surface area contributed by atoms with E-state index in [-0.39, 0.29) is 0 Å². The molecule has 0 aliphatic carbocycles. The first-order valence-electron chi connectivity index (χ1n) is 9.63. The Kier molecular flexibility index (Phi) is 5.92. The van der Waals surface area contributed by atoms with Crippen molar-refractivity contribution in [3.63, 3.8) is 0 Å². The molecule has 1 aliphatic heterocycles. The van der Waals surface area contributed by atoms with Gasteiger partial charge in [-0.25, -0.2) is 9.97 Å². The van der Waals surface area contributed by atoms with Crippen LogP contribution >= 0.6 is 11.6 Å². The molecule has 1 N–H and O–H groups in total. The van der Waals surface area contributed by atoms with Crippen LogP contribution in [0.2, 0.25) is 5.02 Å². The van der Waals surface area contributed by atoms with E-state index in [1.807, 2.05) is 18.2 Å². The number of hydrogen-bond acceptors (Lipinski definition) is 5. The maximum Gasteiger partial charge on any atom is 0.134 e. The third kappa shape index (κ3) is 4.73. The quantitative estimate of drug-likeness (QED) is 0.682. The molecule has 0 bridgehead atoms. The molecule has 1 aromatic heterocycles. The first-order chi connectivity index (χ1) is 13.8. The summed E-state index contributed by atoms with van der Waals surface area (Å²) in [7, 11) is 0. The second kappa shape index (κ2) is 8.93. The average Bonchev–Trinajstić information content (AvgIpc) is 2.76. The second-order valence-corrected chi connectivity index (χ2v) is 7.31. The fourth-order valence-corrected chi connectivity index (χ4v) is 3.56. The van der Waals surface area contributed by atoms with Crippen molar-refractivity contribution < 1.29 is 0 Å². The Morgan fingerprint density at radius 1 is 0.857 bits per heavy atom. The Morgan fingerprint density at radius 3 is 2.32 bits per heavy atom. The molecule has 1 aliphatic rings. The molecule has 0 amide bonds. The van der Waals surface area contributed by atoms with Gasteiger partial charge in [-0.3, -0.25) is 0 Å². The van der Waals surface area contributed by atoms with E-state index in [4.69, 9.17) is 11.6 Å². The van der Waals surface area contributed by atoms with Gasteiger partial charge in [0.1, 0.15) is 18.0 Å². The van der Waals surface area contributed by atoms with Crippen LogP contribution in [0.15, 0.2) is 67.0 Å². The van der Waals surface area contributed by atoms with Crippen LogP contribution < -0.4 is 15.1 Å². The summed E-state index contributed by atoms with van der Waals surface area (Å²) < 4.78 is 0. The topological polar surface area (TPSA) is 44.3 Å². The zero-order valence-corrected chi connectivity index (χ0v) is 16.5. The van der Waals surface area contributed by atoms with Gasteiger partial charge >= 0.3 is 0 Å². The minimum absolute atomic E-state index is 0.768. The molecule has 0 radical (unpaired) electrons. The van der Waals surface area contributed by atoms with Crippen LogP contribution in [-0.4, -0.2) is 42.7 Å². The molecular formula is C22H24ClN5. The lowest BCUT2D eigenvalue weighted by Crippen LogP contribution is -2.46. The Labute approximate surface area is 171 Å². The van der Waals surface area contributed by atoms with Gasteiger partial charge in [-0.1, -0.05) is 41.9 Å². The first kappa shape index (κ1) is 18.6. The molecule has 1 fully saturated rings. The fourth-order valence-electron chi connectivity index (χ4n) is 3.44. The van der Waals surface area contributed by atoms with Gasteiger partial charge in [-0.05, 0) is 36.2 Å². The molecule has 2 aromatic carbocycles. The lowest BCUT2D eigenvalue weighted by Gasteiger charge is -2.36. The van der Waals surface area contributed by atoms with E-state index in [0.717, 1.165) is 55.8 Å². The minimum Gasteiger partial charge on any atom is -0.370 e. The molecule has 3 aromatic rings. The van der Waals surface area contributed by atoms with Crippen molar-refractivity contribution in [2.24, 2.45) is 0 Å². The Morgan fingerprint density at radius 2 is 1.57 bits per heavy atom. The van der Waals surface area contributed by atoms with Crippen molar-refractivity contribution in [2.45, 2.75) is 6.42 Å². The van der Waals surface area contributed by atoms with Gasteiger partial charge in [0, 0.05) is 49.5 Å². The molecule has 1 saturated heterocycles. The van der Waals surface area contributed by atoms with Gasteiger partial charge in [0.05, 0.1) is 0 Å². The molecule has 4 rings (SSSR count). The summed E-state index contributed by atoms with van der Waals surface area (Å²) in [6.07, 6.45) is 2.57. The highest BCUT2D eigenvalue weighted by Gasteiger charge is 2.18. The van der Waals surface area contributed by atoms with Crippen LogP contribution in [0.1, 0.15) is 5.56 Å². The van der Waals surface area contributed by atoms with Crippen molar-refractivity contribution >= 4 is 28.9 Å². The maximum absolute atomic E-state index is 5.94. The number of halogens is 1. The van der Waals surface area contributed by atoms with Gasteiger partial charge < -0.3 is 15.1 Å². The minimum atomic E-state index is 0.768. The number of hydrogen-bond donors (Lipinski definition) is 1. The van der Waals surface area contributed by atoms with Crippen LogP contribution in [0.3, 0.4) is 0 Å². The molecule has 0 spiro atoms. The van der Waals surface area contributed by atoms with Crippen LogP contribution in [0, 0.1) is 0 Å². The number of para-hydroxylation sites is 1. The highest BCUT2D eigenvalue weighted by Crippen LogP contribution is 2.20. The predicted octanol–water partition coefficient (Wildman–Crippen LogP) is 4.11. The van der Waals surface area contributed by atoms with Crippen LogP contribution in [-0.2, 0) is 6.42 Å². The van der Waals surface area contributed by atoms with Gasteiger partial charge in [-0.2, -0.15) is 0 Å². The smallest absolute Gasteiger partial charge is 0.134 e. The highest BCUT2D eigenvalue weighted by molar-refractivity contribution is 6.30. The molecule has 28 heavy (non-hydrogen) atoms. The van der Waals surface area contributed by atoms with E-state index in [1.165, 1.54) is 11.3 Å². The third-order valence-corrected chi connectivity index (χ3v) is 5.26. The molecular weight excluding hydrogens is 370 g/mol. The van der Waals surface area contributed by atoms with Crippen LogP contribution in [0.25, 0.3) is 0 Å². The third-order valence-electron chi connectivity index (χ3n) is 5.01. The van der Waals surface area contributed by atoms with E-state index >= 15 is 0 Å². The summed E-state index contributed by atoms with van der Waals surface area (Å²) in [5.74, 6) is 1.85. The Bertz CT molecular complexity index is 877. The average molecular weight is 394 g/mol. The van der Waals surface area contributed by atoms with Gasteiger partial charge in [0.25, 0.3) is 0 Å². The number of aromatic nitrogens is 2. The Hall–Kier alpha value is -2.79. The monoisotopic (exact) mass is 393 g/mol. The normalized spacial score (nSPS) is 14.2. The standard InChI is InChI=1S/C22H24ClN5/c23-19-8-6-18(7-9-19)10-11-24-21-16-22(26-17-25-21)28-14-12-27(13-15-28)20-4-2-1-3-5-20/h1-9,16-17H,10-15H2,(H,24,25,26). The SMILES string of the molecule is Clc1ccc(CCNc2cc(N3CCN(c4ccccc4)CC3)ncn2)cc1. The zero-order chi connectivity index (χ0) is 19.2. The van der Waals surface area contributed by atoms with E-state index in [0.29, 0.717) is 0 Å². The lowest BCUT2D eigenvalue weighted by atomic mass is 10.1. The molecule has 144 valence electrons. The largest absolute Gasteiger partial charge is 0.370 e. The number of nitrogens with one attached hydrogen (secondary N) is 1. The van der Waals surface area contributed by atoms with Crippen molar-refractivity contribution in [3.05, 3.63) is 77.6 Å². The molecule has 0 atom stereocenters. The molecule has 5 nitrogen and oxygen atoms in total. The lowest BCUT2D eigenvalue weighted by molar-refractivity contribution is 0.647. The van der Waals surface area contributed by atoms with E-state index in [2.05, 4.69) is 67.5 Å². The molecule has 0 saturated carbocycles. The fraction of sp³-hybridized carbons (Fsp3) is 0.273. The summed E-state index contributed by atoms with van der Waals surface area (Å²) in [4.78, 5) is 13.6. The van der Waals surface area contributed by atoms with Crippen molar-refractivity contribution in [2.75, 3.05) is 47.8 Å². The van der Waals surface area contributed by atoms with Crippen molar-refractivity contribution in [1.29, 1.82) is 0 Å². The molecule has 6 heteroatoms. The van der Waals surface area contributed by atoms with Crippen LogP contribution in [0.4, 0.5) is 17.3 Å². The first-order valence-corrected chi connectivity index (χ1v) is 10.0. The van der Waals surface area contributed by atoms with E-state index in [9.17, 15) is 0 Å². The number of benzene rings is 2. The summed E-state index contributed by atoms with van der Waals surface area (Å²) in [6.45, 7) is 4.72. The summed E-state index contributed by atoms with van der Waals surface area (Å²) in [5, 5.41) is 4.17. The molecule has 0 unspecified atom stereocenters. The summed E-state index contributed by atoms with van der Waals surface area (Å²) in [6, 6.07) is 20.6. The number of rotatable bonds is 6. The van der Waals surface area contributed by atoms with E-state index < -0.39 is 0 Å². The Balaban J connectivity index is 1.31.